The van der Waals surface area contributed by atoms with Crippen LogP contribution >= 0.6 is 0 Å². The van der Waals surface area contributed by atoms with E-state index in [1.165, 1.54) is 0 Å². The largest absolute Gasteiger partial charge is 0.497 e. The summed E-state index contributed by atoms with van der Waals surface area (Å²) in [6, 6.07) is 15.5. The molecule has 1 aliphatic heterocycles. The van der Waals surface area contributed by atoms with E-state index in [0.29, 0.717) is 60.0 Å². The summed E-state index contributed by atoms with van der Waals surface area (Å²) in [5.74, 6) is 0.109. The fraction of sp³-hybridized carbons (Fsp3) is 0.379. The Labute approximate surface area is 212 Å². The zero-order valence-corrected chi connectivity index (χ0v) is 21.3. The fourth-order valence-corrected chi connectivity index (χ4v) is 5.06. The van der Waals surface area contributed by atoms with E-state index in [1.54, 1.807) is 26.4 Å². The van der Waals surface area contributed by atoms with Gasteiger partial charge in [-0.3, -0.25) is 4.79 Å². The molecule has 0 bridgehead atoms. The summed E-state index contributed by atoms with van der Waals surface area (Å²) in [7, 11) is 3.16. The summed E-state index contributed by atoms with van der Waals surface area (Å²) in [5, 5.41) is 3.38. The van der Waals surface area contributed by atoms with Crippen LogP contribution < -0.4 is 14.8 Å². The van der Waals surface area contributed by atoms with Gasteiger partial charge < -0.3 is 24.3 Å². The van der Waals surface area contributed by atoms with E-state index in [-0.39, 0.29) is 18.3 Å². The van der Waals surface area contributed by atoms with Crippen LogP contribution in [0.4, 0.5) is 0 Å². The number of dihydropyridines is 1. The Morgan fingerprint density at radius 1 is 1.03 bits per heavy atom. The molecule has 4 rings (SSSR count). The van der Waals surface area contributed by atoms with Gasteiger partial charge in [0, 0.05) is 35.6 Å². The minimum absolute atomic E-state index is 0.000377. The molecule has 1 heterocycles. The number of nitrogens with one attached hydrogen (secondary N) is 1. The first-order valence-corrected chi connectivity index (χ1v) is 12.2. The number of ether oxygens (including phenoxy) is 4. The smallest absolute Gasteiger partial charge is 0.336 e. The Morgan fingerprint density at radius 2 is 1.81 bits per heavy atom. The van der Waals surface area contributed by atoms with Crippen molar-refractivity contribution >= 4 is 11.8 Å². The minimum Gasteiger partial charge on any atom is -0.497 e. The van der Waals surface area contributed by atoms with Crippen LogP contribution in [0.2, 0.25) is 0 Å². The highest BCUT2D eigenvalue weighted by Gasteiger charge is 2.42. The number of Topliss-reactive ketones (excluding diaryl/α,β-unsaturated/α-hetero) is 1. The van der Waals surface area contributed by atoms with Crippen molar-refractivity contribution in [2.24, 2.45) is 0 Å². The molecule has 7 heteroatoms. The van der Waals surface area contributed by atoms with E-state index >= 15 is 0 Å². The third kappa shape index (κ3) is 5.16. The molecule has 0 aromatic heterocycles. The van der Waals surface area contributed by atoms with E-state index in [0.717, 1.165) is 11.3 Å². The molecule has 2 atom stereocenters. The van der Waals surface area contributed by atoms with Crippen LogP contribution in [0.3, 0.4) is 0 Å². The Kier molecular flexibility index (Phi) is 8.10. The predicted octanol–water partition coefficient (Wildman–Crippen LogP) is 4.65. The standard InChI is InChI=1S/C29H33NO6/c1-5-35-13-14-36-29(32)26-18(2)30-23-15-20(19-9-7-6-8-10-19)16-24(31)28(23)27(26)22-17-21(33-3)11-12-25(22)34-4/h6-12,17,20,27,30H,5,13-16H2,1-4H3/t20-,27+/m0/s1. The first-order chi connectivity index (χ1) is 17.5. The average molecular weight is 492 g/mol. The predicted molar refractivity (Wildman–Crippen MR) is 136 cm³/mol. The van der Waals surface area contributed by atoms with E-state index in [2.05, 4.69) is 17.4 Å². The highest BCUT2D eigenvalue weighted by Crippen LogP contribution is 2.48. The second-order valence-corrected chi connectivity index (χ2v) is 8.87. The maximum atomic E-state index is 13.8. The lowest BCUT2D eigenvalue weighted by Crippen LogP contribution is -2.36. The molecule has 0 amide bonds. The summed E-state index contributed by atoms with van der Waals surface area (Å²) in [6.45, 7) is 4.70. The number of methoxy groups -OCH3 is 2. The second-order valence-electron chi connectivity index (χ2n) is 8.87. The van der Waals surface area contributed by atoms with Gasteiger partial charge in [0.05, 0.1) is 32.3 Å². The summed E-state index contributed by atoms with van der Waals surface area (Å²) in [5.41, 5.74) is 4.27. The van der Waals surface area contributed by atoms with Crippen molar-refractivity contribution < 1.29 is 28.5 Å². The van der Waals surface area contributed by atoms with Gasteiger partial charge in [0.1, 0.15) is 18.1 Å². The number of carbonyl (C=O) groups is 2. The van der Waals surface area contributed by atoms with Crippen LogP contribution in [0.25, 0.3) is 0 Å². The first kappa shape index (κ1) is 25.5. The molecule has 0 unspecified atom stereocenters. The van der Waals surface area contributed by atoms with Crippen molar-refractivity contribution in [1.29, 1.82) is 0 Å². The Hall–Kier alpha value is -3.58. The van der Waals surface area contributed by atoms with Gasteiger partial charge in [-0.05, 0) is 49.9 Å². The topological polar surface area (TPSA) is 83.1 Å². The number of ketones is 1. The van der Waals surface area contributed by atoms with Gasteiger partial charge in [0.15, 0.2) is 5.78 Å². The van der Waals surface area contributed by atoms with Gasteiger partial charge in [0.25, 0.3) is 0 Å². The molecule has 2 aliphatic rings. The molecule has 0 saturated carbocycles. The molecule has 0 radical (unpaired) electrons. The maximum absolute atomic E-state index is 13.8. The minimum atomic E-state index is -0.643. The maximum Gasteiger partial charge on any atom is 0.336 e. The Balaban J connectivity index is 1.79. The lowest BCUT2D eigenvalue weighted by Gasteiger charge is -2.37. The lowest BCUT2D eigenvalue weighted by atomic mass is 9.71. The van der Waals surface area contributed by atoms with Crippen molar-refractivity contribution in [2.45, 2.75) is 38.5 Å². The molecule has 7 nitrogen and oxygen atoms in total. The van der Waals surface area contributed by atoms with Gasteiger partial charge in [-0.2, -0.15) is 0 Å². The van der Waals surface area contributed by atoms with E-state index in [1.807, 2.05) is 38.1 Å². The monoisotopic (exact) mass is 491 g/mol. The molecule has 0 fully saturated rings. The quantitative estimate of drug-likeness (QED) is 0.404. The normalized spacial score (nSPS) is 19.5. The van der Waals surface area contributed by atoms with Crippen LogP contribution in [-0.2, 0) is 19.1 Å². The van der Waals surface area contributed by atoms with Crippen molar-refractivity contribution in [3.8, 4) is 11.5 Å². The van der Waals surface area contributed by atoms with Gasteiger partial charge in [-0.15, -0.1) is 0 Å². The van der Waals surface area contributed by atoms with Gasteiger partial charge in [-0.1, -0.05) is 30.3 Å². The third-order valence-electron chi connectivity index (χ3n) is 6.73. The van der Waals surface area contributed by atoms with Crippen molar-refractivity contribution in [1.82, 2.24) is 5.32 Å². The van der Waals surface area contributed by atoms with E-state index < -0.39 is 11.9 Å². The zero-order chi connectivity index (χ0) is 25.7. The van der Waals surface area contributed by atoms with Crippen LogP contribution in [0.1, 0.15) is 49.7 Å². The number of hydrogen-bond acceptors (Lipinski definition) is 7. The summed E-state index contributed by atoms with van der Waals surface area (Å²) < 4.78 is 22.0. The van der Waals surface area contributed by atoms with Gasteiger partial charge >= 0.3 is 5.97 Å². The molecule has 36 heavy (non-hydrogen) atoms. The fourth-order valence-electron chi connectivity index (χ4n) is 5.06. The molecule has 2 aromatic rings. The number of benzene rings is 2. The molecule has 190 valence electrons. The Bertz CT molecular complexity index is 1180. The van der Waals surface area contributed by atoms with Crippen LogP contribution in [0, 0.1) is 0 Å². The molecular weight excluding hydrogens is 458 g/mol. The van der Waals surface area contributed by atoms with Crippen molar-refractivity contribution in [3.05, 3.63) is 82.2 Å². The van der Waals surface area contributed by atoms with Crippen LogP contribution in [-0.4, -0.2) is 45.8 Å². The molecule has 0 spiro atoms. The SMILES string of the molecule is CCOCCOC(=O)C1=C(C)NC2=C(C(=O)C[C@@H](c3ccccc3)C2)[C@@H]1c1cc(OC)ccc1OC. The highest BCUT2D eigenvalue weighted by atomic mass is 16.6. The number of hydrogen-bond donors (Lipinski definition) is 1. The second kappa shape index (κ2) is 11.4. The number of rotatable bonds is 9. The molecule has 1 N–H and O–H groups in total. The first-order valence-electron chi connectivity index (χ1n) is 12.2. The zero-order valence-electron chi connectivity index (χ0n) is 21.3. The summed E-state index contributed by atoms with van der Waals surface area (Å²) in [4.78, 5) is 27.2. The number of carbonyl (C=O) groups excluding carboxylic acids is 2. The van der Waals surface area contributed by atoms with Crippen LogP contribution in [0.15, 0.2) is 71.1 Å². The van der Waals surface area contributed by atoms with Crippen molar-refractivity contribution in [2.75, 3.05) is 34.0 Å². The molecule has 1 aliphatic carbocycles. The number of esters is 1. The van der Waals surface area contributed by atoms with Gasteiger partial charge in [-0.25, -0.2) is 4.79 Å². The van der Waals surface area contributed by atoms with Crippen molar-refractivity contribution in [3.63, 3.8) is 0 Å². The summed E-state index contributed by atoms with van der Waals surface area (Å²) in [6.07, 6.45) is 1.02. The lowest BCUT2D eigenvalue weighted by molar-refractivity contribution is -0.140. The highest BCUT2D eigenvalue weighted by molar-refractivity contribution is 6.04. The van der Waals surface area contributed by atoms with Crippen LogP contribution in [0.5, 0.6) is 11.5 Å². The summed E-state index contributed by atoms with van der Waals surface area (Å²) >= 11 is 0. The molecule has 2 aromatic carbocycles. The molecular formula is C29H33NO6. The van der Waals surface area contributed by atoms with E-state index in [4.69, 9.17) is 18.9 Å². The average Bonchev–Trinajstić information content (AvgIpc) is 2.90. The third-order valence-corrected chi connectivity index (χ3v) is 6.73. The van der Waals surface area contributed by atoms with E-state index in [9.17, 15) is 9.59 Å². The number of allylic oxidation sites excluding steroid dienone is 3. The van der Waals surface area contributed by atoms with Gasteiger partial charge in [0.2, 0.25) is 0 Å². The molecule has 0 saturated heterocycles. The Morgan fingerprint density at radius 3 is 2.50 bits per heavy atom.